The van der Waals surface area contributed by atoms with Gasteiger partial charge in [-0.25, -0.2) is 0 Å². The number of hydrogen-bond acceptors (Lipinski definition) is 0. The average molecular weight is 163 g/mol. The summed E-state index contributed by atoms with van der Waals surface area (Å²) in [7, 11) is 0. The van der Waals surface area contributed by atoms with Crippen LogP contribution in [0.4, 0.5) is 0 Å². The summed E-state index contributed by atoms with van der Waals surface area (Å²) in [6, 6.07) is 0. The molecule has 0 aliphatic rings. The maximum atomic E-state index is 5.60. The first kappa shape index (κ1) is 8.80. The van der Waals surface area contributed by atoms with Crippen LogP contribution in [0.2, 0.25) is 0 Å². The highest BCUT2D eigenvalue weighted by atomic mass is 35.5. The molecule has 0 fully saturated rings. The zero-order valence-electron chi connectivity index (χ0n) is 5.14. The molecule has 0 N–H and O–H groups in total. The quantitative estimate of drug-likeness (QED) is 0.547. The Morgan fingerprint density at radius 2 is 2.11 bits per heavy atom. The molecule has 0 amide bonds. The minimum Gasteiger partial charge on any atom is -0.0929 e. The summed E-state index contributed by atoms with van der Waals surface area (Å²) < 4.78 is 0. The SMILES string of the molecule is CC=CC=C(Cl)C=CCl. The Morgan fingerprint density at radius 3 is 2.56 bits per heavy atom. The molecule has 0 radical (unpaired) electrons. The van der Waals surface area contributed by atoms with Gasteiger partial charge in [0.05, 0.1) is 0 Å². The second-order valence-corrected chi connectivity index (χ2v) is 2.06. The fourth-order valence-electron chi connectivity index (χ4n) is 0.304. The fraction of sp³-hybridized carbons (Fsp3) is 0.143. The zero-order valence-corrected chi connectivity index (χ0v) is 6.65. The van der Waals surface area contributed by atoms with E-state index >= 15 is 0 Å². The molecular weight excluding hydrogens is 155 g/mol. The van der Waals surface area contributed by atoms with E-state index in [-0.39, 0.29) is 0 Å². The van der Waals surface area contributed by atoms with Crippen LogP contribution in [0.25, 0.3) is 0 Å². The second kappa shape index (κ2) is 5.93. The minimum atomic E-state index is 0.628. The van der Waals surface area contributed by atoms with Crippen LogP contribution in [0.1, 0.15) is 6.92 Å². The minimum absolute atomic E-state index is 0.628. The first-order chi connectivity index (χ1) is 4.31. The molecule has 0 spiro atoms. The van der Waals surface area contributed by atoms with E-state index in [1.54, 1.807) is 12.2 Å². The Labute approximate surface area is 65.5 Å². The smallest absolute Gasteiger partial charge is 0.0414 e. The van der Waals surface area contributed by atoms with Gasteiger partial charge in [-0.15, -0.1) is 0 Å². The second-order valence-electron chi connectivity index (χ2n) is 1.37. The molecule has 0 aliphatic heterocycles. The fourth-order valence-corrected chi connectivity index (χ4v) is 0.640. The average Bonchev–Trinajstić information content (AvgIpc) is 1.85. The van der Waals surface area contributed by atoms with Crippen LogP contribution >= 0.6 is 23.2 Å². The van der Waals surface area contributed by atoms with E-state index in [1.165, 1.54) is 5.54 Å². The van der Waals surface area contributed by atoms with Crippen molar-refractivity contribution in [3.63, 3.8) is 0 Å². The standard InChI is InChI=1S/C7H8Cl2/c1-2-3-4-7(9)5-6-8/h2-6H,1H3. The molecule has 0 heterocycles. The molecule has 0 unspecified atom stereocenters. The molecule has 0 atom stereocenters. The summed E-state index contributed by atoms with van der Waals surface area (Å²) in [5.74, 6) is 0. The van der Waals surface area contributed by atoms with Crippen LogP contribution in [0.5, 0.6) is 0 Å². The molecule has 0 saturated carbocycles. The number of halogens is 2. The predicted octanol–water partition coefficient (Wildman–Crippen LogP) is 3.44. The molecule has 0 aliphatic carbocycles. The third-order valence-corrected chi connectivity index (χ3v) is 1.05. The third-order valence-electron chi connectivity index (χ3n) is 0.670. The maximum Gasteiger partial charge on any atom is 0.0414 e. The van der Waals surface area contributed by atoms with Crippen LogP contribution in [0.3, 0.4) is 0 Å². The molecule has 0 aromatic rings. The van der Waals surface area contributed by atoms with Gasteiger partial charge in [0.1, 0.15) is 0 Å². The van der Waals surface area contributed by atoms with E-state index in [1.807, 2.05) is 19.1 Å². The van der Waals surface area contributed by atoms with Crippen LogP contribution in [0.15, 0.2) is 34.9 Å². The van der Waals surface area contributed by atoms with E-state index in [9.17, 15) is 0 Å². The summed E-state index contributed by atoms with van der Waals surface area (Å²) in [4.78, 5) is 0. The summed E-state index contributed by atoms with van der Waals surface area (Å²) in [5, 5.41) is 0.628. The predicted molar refractivity (Wildman–Crippen MR) is 43.7 cm³/mol. The highest BCUT2D eigenvalue weighted by Gasteiger charge is 1.76. The van der Waals surface area contributed by atoms with Gasteiger partial charge in [0.25, 0.3) is 0 Å². The van der Waals surface area contributed by atoms with Crippen molar-refractivity contribution in [1.82, 2.24) is 0 Å². The monoisotopic (exact) mass is 162 g/mol. The Kier molecular flexibility index (Phi) is 5.80. The lowest BCUT2D eigenvalue weighted by Crippen LogP contribution is -1.57. The number of hydrogen-bond donors (Lipinski definition) is 0. The Morgan fingerprint density at radius 1 is 1.44 bits per heavy atom. The van der Waals surface area contributed by atoms with Crippen molar-refractivity contribution in [3.8, 4) is 0 Å². The van der Waals surface area contributed by atoms with Crippen LogP contribution < -0.4 is 0 Å². The Balaban J connectivity index is 3.84. The molecule has 0 aromatic heterocycles. The summed E-state index contributed by atoms with van der Waals surface area (Å²) in [6.07, 6.45) is 7.12. The molecule has 0 saturated heterocycles. The van der Waals surface area contributed by atoms with Gasteiger partial charge in [-0.05, 0) is 19.1 Å². The highest BCUT2D eigenvalue weighted by Crippen LogP contribution is 2.03. The molecule has 0 bridgehead atoms. The largest absolute Gasteiger partial charge is 0.0929 e. The molecular formula is C7H8Cl2. The summed E-state index contributed by atoms with van der Waals surface area (Å²) in [5.41, 5.74) is 1.38. The van der Waals surface area contributed by atoms with E-state index < -0.39 is 0 Å². The van der Waals surface area contributed by atoms with Crippen LogP contribution in [-0.2, 0) is 0 Å². The first-order valence-electron chi connectivity index (χ1n) is 2.56. The highest BCUT2D eigenvalue weighted by molar-refractivity contribution is 6.33. The van der Waals surface area contributed by atoms with Crippen molar-refractivity contribution in [2.45, 2.75) is 6.92 Å². The van der Waals surface area contributed by atoms with Gasteiger partial charge in [-0.3, -0.25) is 0 Å². The van der Waals surface area contributed by atoms with E-state index in [4.69, 9.17) is 23.2 Å². The first-order valence-corrected chi connectivity index (χ1v) is 3.38. The van der Waals surface area contributed by atoms with Gasteiger partial charge in [0, 0.05) is 10.6 Å². The molecule has 0 rings (SSSR count). The maximum absolute atomic E-state index is 5.60. The van der Waals surface area contributed by atoms with Gasteiger partial charge < -0.3 is 0 Å². The van der Waals surface area contributed by atoms with Crippen molar-refractivity contribution >= 4 is 23.2 Å². The van der Waals surface area contributed by atoms with Crippen molar-refractivity contribution < 1.29 is 0 Å². The molecule has 2 heteroatoms. The Hall–Kier alpha value is -0.200. The normalized spacial score (nSPS) is 13.9. The van der Waals surface area contributed by atoms with E-state index in [0.717, 1.165) is 0 Å². The zero-order chi connectivity index (χ0) is 7.11. The van der Waals surface area contributed by atoms with Gasteiger partial charge in [-0.2, -0.15) is 0 Å². The van der Waals surface area contributed by atoms with Gasteiger partial charge in [-0.1, -0.05) is 35.4 Å². The molecule has 0 aromatic carbocycles. The van der Waals surface area contributed by atoms with Crippen LogP contribution in [-0.4, -0.2) is 0 Å². The van der Waals surface area contributed by atoms with Crippen molar-refractivity contribution in [2.24, 2.45) is 0 Å². The van der Waals surface area contributed by atoms with E-state index in [2.05, 4.69) is 0 Å². The lowest BCUT2D eigenvalue weighted by atomic mass is 10.4. The van der Waals surface area contributed by atoms with Crippen LogP contribution in [0, 0.1) is 0 Å². The van der Waals surface area contributed by atoms with Crippen molar-refractivity contribution in [3.05, 3.63) is 34.9 Å². The molecule has 50 valence electrons. The van der Waals surface area contributed by atoms with Crippen molar-refractivity contribution in [2.75, 3.05) is 0 Å². The summed E-state index contributed by atoms with van der Waals surface area (Å²) >= 11 is 10.8. The molecule has 9 heavy (non-hydrogen) atoms. The lowest BCUT2D eigenvalue weighted by Gasteiger charge is -1.79. The van der Waals surface area contributed by atoms with Gasteiger partial charge >= 0.3 is 0 Å². The Bertz CT molecular complexity index is 143. The number of rotatable bonds is 2. The number of allylic oxidation sites excluding steroid dienone is 5. The van der Waals surface area contributed by atoms with E-state index in [0.29, 0.717) is 5.03 Å². The third kappa shape index (κ3) is 5.67. The molecule has 0 nitrogen and oxygen atoms in total. The topological polar surface area (TPSA) is 0 Å². The van der Waals surface area contributed by atoms with Gasteiger partial charge in [0.2, 0.25) is 0 Å². The van der Waals surface area contributed by atoms with Gasteiger partial charge in [0.15, 0.2) is 0 Å². The summed E-state index contributed by atoms with van der Waals surface area (Å²) in [6.45, 7) is 1.92. The lowest BCUT2D eigenvalue weighted by molar-refractivity contribution is 1.72. The van der Waals surface area contributed by atoms with Crippen molar-refractivity contribution in [1.29, 1.82) is 0 Å².